The molecule has 7 atom stereocenters. The lowest BCUT2D eigenvalue weighted by atomic mass is 9.95. The number of carbonyl (C=O) groups is 6. The number of anilines is 1. The van der Waals surface area contributed by atoms with Crippen molar-refractivity contribution >= 4 is 75.0 Å². The van der Waals surface area contributed by atoms with E-state index in [0.717, 1.165) is 10.9 Å². The smallest absolute Gasteiger partial charge is 0.412 e. The van der Waals surface area contributed by atoms with Crippen LogP contribution < -0.4 is 35.6 Å². The molecule has 6 unspecified atom stereocenters. The number of hydrogen-bond acceptors (Lipinski definition) is 22. The van der Waals surface area contributed by atoms with Crippen LogP contribution in [0.4, 0.5) is 20.1 Å². The number of fused-ring (bicyclic) bond motifs is 4. The first kappa shape index (κ1) is 74.5. The Morgan fingerprint density at radius 3 is 1.63 bits per heavy atom. The van der Waals surface area contributed by atoms with Crippen LogP contribution in [0.2, 0.25) is 0 Å². The number of nitrogens with one attached hydrogen (secondary N) is 5. The molecule has 0 spiro atoms. The van der Waals surface area contributed by atoms with Crippen molar-refractivity contribution in [3.63, 3.8) is 0 Å². The van der Waals surface area contributed by atoms with Gasteiger partial charge in [-0.2, -0.15) is 0 Å². The normalized spacial score (nSPS) is 14.6. The maximum atomic E-state index is 14.2. The first-order valence-corrected chi connectivity index (χ1v) is 28.6. The summed E-state index contributed by atoms with van der Waals surface area (Å²) in [4.78, 5) is 77.6. The second kappa shape index (κ2) is 40.7. The quantitative estimate of drug-likeness (QED) is 0.0179. The maximum Gasteiger partial charge on any atom is 0.412 e. The lowest BCUT2D eigenvalue weighted by Crippen LogP contribution is -2.37. The number of benzene rings is 3. The number of alkyl carbamates (subject to hydrolysis) is 2. The van der Waals surface area contributed by atoms with E-state index in [0.29, 0.717) is 58.1 Å². The Balaban J connectivity index is 0.000000541. The zero-order valence-corrected chi connectivity index (χ0v) is 50.8. The zero-order chi connectivity index (χ0) is 64.4. The number of carboxylic acid groups (broad SMARTS) is 1. The molecule has 29 nitrogen and oxygen atoms in total. The highest BCUT2D eigenvalue weighted by Crippen LogP contribution is 2.46. The van der Waals surface area contributed by atoms with Gasteiger partial charge in [0.25, 0.3) is 5.91 Å². The molecule has 30 heteroatoms. The van der Waals surface area contributed by atoms with Crippen molar-refractivity contribution in [3.05, 3.63) is 64.8 Å². The number of rotatable bonds is 35. The van der Waals surface area contributed by atoms with Gasteiger partial charge in [-0.05, 0) is 42.3 Å². The highest BCUT2D eigenvalue weighted by molar-refractivity contribution is 6.19. The van der Waals surface area contributed by atoms with Crippen LogP contribution in [-0.2, 0) is 60.7 Å². The zero-order valence-electron chi connectivity index (χ0n) is 50.0. The van der Waals surface area contributed by atoms with E-state index in [9.17, 15) is 44.1 Å². The Morgan fingerprint density at radius 1 is 0.632 bits per heavy atom. The number of aromatic nitrogens is 1. The van der Waals surface area contributed by atoms with Crippen molar-refractivity contribution in [2.75, 3.05) is 112 Å². The molecule has 12 N–H and O–H groups in total. The van der Waals surface area contributed by atoms with E-state index in [-0.39, 0.29) is 139 Å². The summed E-state index contributed by atoms with van der Waals surface area (Å²) in [5, 5.41) is 76.0. The van der Waals surface area contributed by atoms with Crippen molar-refractivity contribution in [2.24, 2.45) is 0 Å². The van der Waals surface area contributed by atoms with Gasteiger partial charge in [0.15, 0.2) is 18.9 Å². The molecule has 2 heterocycles. The van der Waals surface area contributed by atoms with Crippen LogP contribution in [0.15, 0.2) is 42.5 Å². The Kier molecular flexibility index (Phi) is 34.9. The van der Waals surface area contributed by atoms with Gasteiger partial charge in [-0.1, -0.05) is 45.0 Å². The molecule has 0 radical (unpaired) electrons. The lowest BCUT2D eigenvalue weighted by Gasteiger charge is -2.21. The van der Waals surface area contributed by atoms with Crippen LogP contribution in [0.5, 0.6) is 11.5 Å². The number of nitrogens with zero attached hydrogens (tertiary/aromatic N) is 1. The second-order valence-electron chi connectivity index (χ2n) is 19.0. The van der Waals surface area contributed by atoms with E-state index in [2.05, 4.69) is 26.3 Å². The number of aromatic amines is 1. The number of H-pyrrole nitrogens is 1. The molecule has 0 aliphatic carbocycles. The van der Waals surface area contributed by atoms with Crippen molar-refractivity contribution in [1.29, 1.82) is 0 Å². The molecule has 1 aliphatic heterocycles. The van der Waals surface area contributed by atoms with Gasteiger partial charge in [0.05, 0.1) is 82.7 Å². The first-order valence-electron chi connectivity index (χ1n) is 28.0. The van der Waals surface area contributed by atoms with Gasteiger partial charge in [-0.3, -0.25) is 14.4 Å². The SMILES string of the molecule is CCC(CO)OC(CO)OC.CCC(CO)OC(COC(=O)NCCC(=O)NCCNC(=O)Oc1cc2c(c3ccccc13)[C@H](CCl)CN2C(=O)c1cc2cc(OC)c(CO)c(CO)c2[nH]1)OC.CCC(CO)OC(COC(=O)NCCC(=O)O)OC. The van der Waals surface area contributed by atoms with E-state index in [1.165, 1.54) is 28.4 Å². The third-order valence-corrected chi connectivity index (χ3v) is 13.6. The predicted molar refractivity (Wildman–Crippen MR) is 315 cm³/mol. The Morgan fingerprint density at radius 2 is 1.15 bits per heavy atom. The number of aliphatic hydroxyl groups excluding tert-OH is 6. The average Bonchev–Trinajstić information content (AvgIpc) is 1.71. The van der Waals surface area contributed by atoms with Crippen LogP contribution in [0.1, 0.15) is 86.0 Å². The monoisotopic (exact) mass is 1260 g/mol. The molecule has 0 saturated carbocycles. The number of alkyl halides is 1. The van der Waals surface area contributed by atoms with Crippen LogP contribution in [0.25, 0.3) is 21.7 Å². The summed E-state index contributed by atoms with van der Waals surface area (Å²) in [5.41, 5.74) is 2.90. The molecule has 87 heavy (non-hydrogen) atoms. The van der Waals surface area contributed by atoms with E-state index in [4.69, 9.17) is 79.4 Å². The molecule has 5 rings (SSSR count). The highest BCUT2D eigenvalue weighted by atomic mass is 35.5. The minimum atomic E-state index is -1.01. The number of aliphatic carboxylic acids is 1. The van der Waals surface area contributed by atoms with E-state index in [1.54, 1.807) is 35.2 Å². The standard InChI is InChI=1S/C39H48ClN5O12.C11H21NO7.C7H16O4/c1-4-24(18-46)56-34(54-3)21-55-38(51)42-10-9-33(49)41-11-12-43-39(52)57-32-15-30-35(26-8-6-5-7-25(26)32)23(16-40)17-45(30)37(50)29-13-22-14-31(53-2)27(19-47)28(20-48)36(22)44-29;1-3-8(6-13)19-10(17-2)7-18-11(16)12-5-4-9(14)15;1-3-6(4-8)11-7(5-9)10-2/h5-8,13-15,23-24,34,44,46-48H,4,9-12,16-21H2,1-3H3,(H,41,49)(H,42,51)(H,43,52);8,10,13H,3-7H2,1-2H3,(H,12,16)(H,14,15);6-9H,3-5H2,1-2H3/t23-,24?,34?;;/m1../s1. The van der Waals surface area contributed by atoms with Crippen LogP contribution in [0.3, 0.4) is 0 Å². The fourth-order valence-corrected chi connectivity index (χ4v) is 8.70. The Bertz CT molecular complexity index is 2730. The summed E-state index contributed by atoms with van der Waals surface area (Å²) in [6.07, 6.45) is -4.01. The second-order valence-corrected chi connectivity index (χ2v) is 19.3. The molecular weight excluding hydrogens is 1170 g/mol. The van der Waals surface area contributed by atoms with Crippen LogP contribution >= 0.6 is 11.6 Å². The van der Waals surface area contributed by atoms with Gasteiger partial charge in [0.1, 0.15) is 30.4 Å². The molecule has 5 amide bonds. The summed E-state index contributed by atoms with van der Waals surface area (Å²) in [5.74, 6) is -1.18. The summed E-state index contributed by atoms with van der Waals surface area (Å²) in [6, 6.07) is 12.3. The molecule has 488 valence electrons. The molecule has 1 aromatic heterocycles. The number of methoxy groups -OCH3 is 4. The van der Waals surface area contributed by atoms with Crippen molar-refractivity contribution in [1.82, 2.24) is 26.3 Å². The summed E-state index contributed by atoms with van der Waals surface area (Å²) < 4.78 is 51.8. The van der Waals surface area contributed by atoms with Gasteiger partial charge in [-0.15, -0.1) is 11.6 Å². The molecule has 0 bridgehead atoms. The molecular formula is C57H85ClN6O23. The Hall–Kier alpha value is -6.71. The highest BCUT2D eigenvalue weighted by Gasteiger charge is 2.36. The number of aliphatic hydroxyl groups is 6. The van der Waals surface area contributed by atoms with Gasteiger partial charge < -0.3 is 114 Å². The minimum Gasteiger partial charge on any atom is -0.496 e. The number of carboxylic acids is 1. The molecule has 0 saturated heterocycles. The molecule has 3 aromatic carbocycles. The first-order chi connectivity index (χ1) is 41.9. The number of hydrogen-bond donors (Lipinski definition) is 12. The maximum absolute atomic E-state index is 14.2. The van der Waals surface area contributed by atoms with E-state index < -0.39 is 55.8 Å². The molecule has 4 aromatic rings. The van der Waals surface area contributed by atoms with Crippen molar-refractivity contribution in [3.8, 4) is 11.5 Å². The third-order valence-electron chi connectivity index (χ3n) is 13.2. The predicted octanol–water partition coefficient (Wildman–Crippen LogP) is 3.06. The molecule has 1 aliphatic rings. The van der Waals surface area contributed by atoms with Gasteiger partial charge >= 0.3 is 24.2 Å². The lowest BCUT2D eigenvalue weighted by molar-refractivity contribution is -0.181. The number of halogens is 1. The Labute approximate surface area is 508 Å². The fourth-order valence-electron chi connectivity index (χ4n) is 8.45. The largest absolute Gasteiger partial charge is 0.496 e. The van der Waals surface area contributed by atoms with Crippen molar-refractivity contribution < 1.29 is 112 Å². The fraction of sp³-hybridized carbons (Fsp3) is 0.579. The minimum absolute atomic E-state index is 0.00820. The van der Waals surface area contributed by atoms with E-state index >= 15 is 0 Å². The number of carbonyl (C=O) groups excluding carboxylic acids is 5. The number of ether oxygens (including phenoxy) is 10. The summed E-state index contributed by atoms with van der Waals surface area (Å²) in [7, 11) is 5.68. The average molecular weight is 1260 g/mol. The van der Waals surface area contributed by atoms with Crippen LogP contribution in [-0.4, -0.2) is 221 Å². The third kappa shape index (κ3) is 23.7. The summed E-state index contributed by atoms with van der Waals surface area (Å²) in [6.45, 7) is 4.21. The topological polar surface area (TPSA) is 403 Å². The van der Waals surface area contributed by atoms with Crippen LogP contribution in [0, 0.1) is 0 Å². The van der Waals surface area contributed by atoms with Gasteiger partial charge in [0, 0.05) is 100 Å². The van der Waals surface area contributed by atoms with Gasteiger partial charge in [-0.25, -0.2) is 14.4 Å². The molecule has 0 fully saturated rings. The number of amides is 5. The van der Waals surface area contributed by atoms with Crippen molar-refractivity contribution in [2.45, 2.75) is 109 Å². The van der Waals surface area contributed by atoms with E-state index in [1.807, 2.05) is 32.9 Å². The summed E-state index contributed by atoms with van der Waals surface area (Å²) >= 11 is 6.46. The van der Waals surface area contributed by atoms with Gasteiger partial charge in [0.2, 0.25) is 5.91 Å².